The fourth-order valence-electron chi connectivity index (χ4n) is 3.14. The van der Waals surface area contributed by atoms with E-state index >= 15 is 0 Å². The van der Waals surface area contributed by atoms with Gasteiger partial charge in [0.2, 0.25) is 0 Å². The molecule has 0 aliphatic carbocycles. The summed E-state index contributed by atoms with van der Waals surface area (Å²) in [6.45, 7) is 1.26. The number of nitrogens with zero attached hydrogens (tertiary/aromatic N) is 2. The molecular formula is C26H19Br2Cl5F4N4O4S2. The van der Waals surface area contributed by atoms with Gasteiger partial charge in [0.1, 0.15) is 9.21 Å². The van der Waals surface area contributed by atoms with Gasteiger partial charge in [0.05, 0.1) is 31.2 Å². The molecule has 2 aromatic heterocycles. The summed E-state index contributed by atoms with van der Waals surface area (Å²) in [6.07, 6.45) is 2.85. The Morgan fingerprint density at radius 2 is 1.15 bits per heavy atom. The largest absolute Gasteiger partial charge is 0.396 e. The average Bonchev–Trinajstić information content (AvgIpc) is 2.92. The van der Waals surface area contributed by atoms with Crippen LogP contribution in [0.3, 0.4) is 0 Å². The second-order valence-corrected chi connectivity index (χ2v) is 16.6. The lowest BCUT2D eigenvalue weighted by molar-refractivity contribution is 0.0167. The molecule has 256 valence electrons. The van der Waals surface area contributed by atoms with Gasteiger partial charge in [-0.15, -0.1) is 0 Å². The number of rotatable bonds is 6. The van der Waals surface area contributed by atoms with Crippen molar-refractivity contribution in [2.75, 3.05) is 10.5 Å². The van der Waals surface area contributed by atoms with E-state index in [9.17, 15) is 34.4 Å². The molecule has 0 fully saturated rings. The molecule has 0 atom stereocenters. The third-order valence-electron chi connectivity index (χ3n) is 5.30. The van der Waals surface area contributed by atoms with Gasteiger partial charge >= 0.3 is 0 Å². The monoisotopic (exact) mass is 924 g/mol. The maximum Gasteiger partial charge on any atom is 0.272 e. The quantitative estimate of drug-likeness (QED) is 0.112. The summed E-state index contributed by atoms with van der Waals surface area (Å²) in [6, 6.07) is 8.95. The van der Waals surface area contributed by atoms with Gasteiger partial charge in [-0.3, -0.25) is 4.72 Å². The summed E-state index contributed by atoms with van der Waals surface area (Å²) in [4.78, 5) is 6.93. The van der Waals surface area contributed by atoms with Crippen LogP contribution < -0.4 is 10.5 Å². The Kier molecular flexibility index (Phi) is 14.5. The fraction of sp³-hybridized carbons (Fsp3) is 0.154. The van der Waals surface area contributed by atoms with Gasteiger partial charge in [-0.05, 0) is 80.4 Å². The molecule has 3 N–H and O–H groups in total. The Morgan fingerprint density at radius 3 is 1.57 bits per heavy atom. The Balaban J connectivity index is 0.000000273. The zero-order chi connectivity index (χ0) is 36.1. The molecule has 0 saturated carbocycles. The molecule has 2 heterocycles. The molecule has 0 unspecified atom stereocenters. The van der Waals surface area contributed by atoms with Gasteiger partial charge in [0.15, 0.2) is 0 Å². The van der Waals surface area contributed by atoms with Crippen molar-refractivity contribution in [3.8, 4) is 0 Å². The summed E-state index contributed by atoms with van der Waals surface area (Å²) in [7, 11) is -3.13. The van der Waals surface area contributed by atoms with Crippen LogP contribution in [0.1, 0.15) is 25.0 Å². The number of benzene rings is 2. The van der Waals surface area contributed by atoms with Crippen LogP contribution in [0.5, 0.6) is 0 Å². The Labute approximate surface area is 308 Å². The zero-order valence-electron chi connectivity index (χ0n) is 23.4. The Morgan fingerprint density at radius 1 is 0.723 bits per heavy atom. The molecule has 0 spiro atoms. The van der Waals surface area contributed by atoms with Crippen LogP contribution in [-0.2, 0) is 30.9 Å². The highest BCUT2D eigenvalue weighted by Gasteiger charge is 2.30. The van der Waals surface area contributed by atoms with E-state index in [1.807, 2.05) is 0 Å². The first-order valence-corrected chi connectivity index (χ1v) is 18.9. The lowest BCUT2D eigenvalue weighted by atomic mass is 10.1. The first-order chi connectivity index (χ1) is 21.3. The predicted molar refractivity (Wildman–Crippen MR) is 184 cm³/mol. The SMILES string of the molecule is CC(F)(F)c1cc(S(=O)(=O)Cl)ccc1Cl.CC(F)(F)c1cc(S(=O)(=O)Nc2cc(Cl)cnc2Br)ccc1Cl.Nc1cc(Cl)cnc1Br. The second kappa shape index (κ2) is 16.4. The number of alkyl halides is 4. The third kappa shape index (κ3) is 12.6. The van der Waals surface area contributed by atoms with E-state index in [2.05, 4.69) is 46.5 Å². The Hall–Kier alpha value is -1.63. The van der Waals surface area contributed by atoms with Crippen molar-refractivity contribution in [1.82, 2.24) is 9.97 Å². The minimum atomic E-state index is -4.12. The lowest BCUT2D eigenvalue weighted by Gasteiger charge is -2.15. The van der Waals surface area contributed by atoms with Crippen LogP contribution in [-0.4, -0.2) is 26.8 Å². The van der Waals surface area contributed by atoms with Gasteiger partial charge in [-0.25, -0.2) is 44.4 Å². The minimum absolute atomic E-state index is 0.0808. The van der Waals surface area contributed by atoms with Crippen LogP contribution in [0, 0.1) is 0 Å². The van der Waals surface area contributed by atoms with E-state index in [0.717, 1.165) is 36.4 Å². The van der Waals surface area contributed by atoms with Crippen molar-refractivity contribution in [3.63, 3.8) is 0 Å². The fourth-order valence-corrected chi connectivity index (χ4v) is 6.55. The smallest absolute Gasteiger partial charge is 0.272 e. The topological polar surface area (TPSA) is 132 Å². The molecule has 2 aromatic carbocycles. The third-order valence-corrected chi connectivity index (χ3v) is 10.4. The van der Waals surface area contributed by atoms with Gasteiger partial charge < -0.3 is 5.73 Å². The first kappa shape index (κ1) is 41.5. The molecular weight excluding hydrogens is 910 g/mol. The maximum absolute atomic E-state index is 13.5. The number of nitrogen functional groups attached to an aromatic ring is 1. The van der Waals surface area contributed by atoms with E-state index < -0.39 is 46.9 Å². The molecule has 0 radical (unpaired) electrons. The number of hydrogen-bond donors (Lipinski definition) is 2. The number of anilines is 2. The van der Waals surface area contributed by atoms with E-state index in [1.54, 1.807) is 6.07 Å². The van der Waals surface area contributed by atoms with Crippen molar-refractivity contribution in [1.29, 1.82) is 0 Å². The van der Waals surface area contributed by atoms with Crippen LogP contribution in [0.4, 0.5) is 28.9 Å². The summed E-state index contributed by atoms with van der Waals surface area (Å²) < 4.78 is 103. The van der Waals surface area contributed by atoms with Crippen molar-refractivity contribution < 1.29 is 34.4 Å². The molecule has 0 bridgehead atoms. The number of aromatic nitrogens is 2. The molecule has 0 amide bonds. The van der Waals surface area contributed by atoms with Crippen molar-refractivity contribution >= 4 is 119 Å². The molecule has 0 aliphatic rings. The predicted octanol–water partition coefficient (Wildman–Crippen LogP) is 10.5. The highest BCUT2D eigenvalue weighted by Crippen LogP contribution is 2.36. The number of halogens is 11. The summed E-state index contributed by atoms with van der Waals surface area (Å²) in [5, 5.41) is 0.340. The minimum Gasteiger partial charge on any atom is -0.396 e. The van der Waals surface area contributed by atoms with Crippen LogP contribution in [0.2, 0.25) is 20.1 Å². The molecule has 4 aromatic rings. The van der Waals surface area contributed by atoms with E-state index in [-0.39, 0.29) is 30.3 Å². The van der Waals surface area contributed by atoms with E-state index in [1.165, 1.54) is 18.5 Å². The van der Waals surface area contributed by atoms with Crippen molar-refractivity contribution in [2.45, 2.75) is 35.5 Å². The summed E-state index contributed by atoms with van der Waals surface area (Å²) in [5.41, 5.74) is 4.92. The van der Waals surface area contributed by atoms with Crippen molar-refractivity contribution in [3.05, 3.63) is 101 Å². The second-order valence-electron chi connectivity index (χ2n) is 9.13. The molecule has 4 rings (SSSR count). The summed E-state index contributed by atoms with van der Waals surface area (Å²) in [5.74, 6) is -6.49. The number of pyridine rings is 2. The van der Waals surface area contributed by atoms with Gasteiger partial charge in [0.25, 0.3) is 30.9 Å². The van der Waals surface area contributed by atoms with Crippen molar-refractivity contribution in [2.24, 2.45) is 0 Å². The highest BCUT2D eigenvalue weighted by molar-refractivity contribution is 9.10. The number of hydrogen-bond acceptors (Lipinski definition) is 7. The summed E-state index contributed by atoms with van der Waals surface area (Å²) >= 11 is 28.7. The van der Waals surface area contributed by atoms with E-state index in [0.29, 0.717) is 29.2 Å². The number of sulfonamides is 1. The van der Waals surface area contributed by atoms with Gasteiger partial charge in [-0.2, -0.15) is 0 Å². The van der Waals surface area contributed by atoms with Crippen LogP contribution in [0.15, 0.2) is 79.9 Å². The first-order valence-electron chi connectivity index (χ1n) is 12.0. The van der Waals surface area contributed by atoms with Gasteiger partial charge in [0, 0.05) is 58.1 Å². The zero-order valence-corrected chi connectivity index (χ0v) is 31.9. The Bertz CT molecular complexity index is 1990. The molecule has 0 aliphatic heterocycles. The molecule has 21 heteroatoms. The molecule has 8 nitrogen and oxygen atoms in total. The lowest BCUT2D eigenvalue weighted by Crippen LogP contribution is -2.16. The molecule has 0 saturated heterocycles. The standard InChI is InChI=1S/C13H9BrCl2F2N2O2S.C8H6Cl2F2O2S.C5H4BrClN2/c1-13(17,18)9-5-8(2-3-10(9)16)23(21,22)20-11-4-7(15)6-19-12(11)14;1-8(11,12)6-4-5(15(10,13)14)2-3-7(6)9;6-5-4(8)1-3(7)2-9-5/h2-6,20H,1H3;2-4H,1H3;1-2H,8H2. The number of nitrogens with one attached hydrogen (secondary N) is 1. The molecule has 47 heavy (non-hydrogen) atoms. The number of nitrogens with two attached hydrogens (primary N) is 1. The highest BCUT2D eigenvalue weighted by atomic mass is 79.9. The van der Waals surface area contributed by atoms with Crippen LogP contribution >= 0.6 is 88.9 Å². The normalized spacial score (nSPS) is 11.9. The van der Waals surface area contributed by atoms with Gasteiger partial charge in [-0.1, -0.05) is 46.4 Å². The van der Waals surface area contributed by atoms with E-state index in [4.69, 9.17) is 62.8 Å². The maximum atomic E-state index is 13.5. The average molecular weight is 929 g/mol. The van der Waals surface area contributed by atoms with Crippen LogP contribution in [0.25, 0.3) is 0 Å².